The number of hydrogen-bond donors (Lipinski definition) is 0. The van der Waals surface area contributed by atoms with Crippen LogP contribution in [-0.4, -0.2) is 49.9 Å². The minimum absolute atomic E-state index is 0.0361. The van der Waals surface area contributed by atoms with Crippen molar-refractivity contribution in [3.8, 4) is 5.75 Å². The fourth-order valence-corrected chi connectivity index (χ4v) is 4.24. The number of aldehydes is 1. The number of methoxy groups -OCH3 is 1. The molecule has 1 fully saturated rings. The topological polar surface area (TPSA) is 72.9 Å². The highest BCUT2D eigenvalue weighted by atomic mass is 79.9. The predicted molar refractivity (Wildman–Crippen MR) is 120 cm³/mol. The van der Waals surface area contributed by atoms with Crippen molar-refractivity contribution in [3.63, 3.8) is 0 Å². The normalized spacial score (nSPS) is 15.2. The first kappa shape index (κ1) is 23.9. The molecule has 8 heteroatoms. The zero-order valence-electron chi connectivity index (χ0n) is 17.8. The molecule has 0 N–H and O–H groups in total. The number of hydrogen-bond acceptors (Lipinski definition) is 5. The quantitative estimate of drug-likeness (QED) is 0.403. The molecule has 1 aliphatic heterocycles. The molecule has 1 heterocycles. The summed E-state index contributed by atoms with van der Waals surface area (Å²) in [5.74, 6) is -0.447. The minimum atomic E-state index is -0.561. The lowest BCUT2D eigenvalue weighted by molar-refractivity contribution is -0.139. The van der Waals surface area contributed by atoms with Gasteiger partial charge in [0.05, 0.1) is 13.5 Å². The fraction of sp³-hybridized carbons (Fsp3) is 0.375. The standard InChI is InChI=1S/C24H25BrFNO5/c1-31-23(30)13-18-12-19(25)4-7-21(18)32-15-22(29)27-10-8-24(16-28,9-11-27)14-17-2-5-20(26)6-3-17/h2-7,12,16H,8-11,13-15H2,1H3. The number of amides is 1. The summed E-state index contributed by atoms with van der Waals surface area (Å²) < 4.78 is 24.4. The lowest BCUT2D eigenvalue weighted by Crippen LogP contribution is -2.46. The third-order valence-corrected chi connectivity index (χ3v) is 6.26. The number of nitrogens with zero attached hydrogens (tertiary/aromatic N) is 1. The Bertz CT molecular complexity index is 971. The molecule has 170 valence electrons. The van der Waals surface area contributed by atoms with Gasteiger partial charge in [0.1, 0.15) is 17.9 Å². The number of carbonyl (C=O) groups is 3. The van der Waals surface area contributed by atoms with Gasteiger partial charge in [-0.2, -0.15) is 0 Å². The summed E-state index contributed by atoms with van der Waals surface area (Å²) in [5.41, 5.74) is 0.960. The molecular weight excluding hydrogens is 481 g/mol. The number of halogens is 2. The molecule has 3 rings (SSSR count). The Kier molecular flexibility index (Phi) is 8.01. The number of rotatable bonds is 8. The summed E-state index contributed by atoms with van der Waals surface area (Å²) in [6.45, 7) is 0.719. The van der Waals surface area contributed by atoms with E-state index in [2.05, 4.69) is 15.9 Å². The molecule has 1 amide bonds. The molecule has 0 saturated carbocycles. The van der Waals surface area contributed by atoms with Crippen molar-refractivity contribution in [2.45, 2.75) is 25.7 Å². The van der Waals surface area contributed by atoms with Gasteiger partial charge in [-0.05, 0) is 55.2 Å². The third-order valence-electron chi connectivity index (χ3n) is 5.77. The van der Waals surface area contributed by atoms with Crippen LogP contribution < -0.4 is 4.74 Å². The van der Waals surface area contributed by atoms with Gasteiger partial charge in [0.25, 0.3) is 5.91 Å². The molecule has 0 aliphatic carbocycles. The van der Waals surface area contributed by atoms with E-state index >= 15 is 0 Å². The number of carbonyl (C=O) groups excluding carboxylic acids is 3. The minimum Gasteiger partial charge on any atom is -0.483 e. The SMILES string of the molecule is COC(=O)Cc1cc(Br)ccc1OCC(=O)N1CCC(C=O)(Cc2ccc(F)cc2)CC1. The van der Waals surface area contributed by atoms with Crippen LogP contribution in [0.5, 0.6) is 5.75 Å². The summed E-state index contributed by atoms with van der Waals surface area (Å²) in [7, 11) is 1.32. The monoisotopic (exact) mass is 505 g/mol. The Labute approximate surface area is 194 Å². The molecule has 0 radical (unpaired) electrons. The predicted octanol–water partition coefficient (Wildman–Crippen LogP) is 3.73. The van der Waals surface area contributed by atoms with Crippen LogP contribution in [0.1, 0.15) is 24.0 Å². The largest absolute Gasteiger partial charge is 0.483 e. The number of likely N-dealkylation sites (tertiary alicyclic amines) is 1. The molecule has 0 bridgehead atoms. The van der Waals surface area contributed by atoms with E-state index in [1.54, 1.807) is 35.2 Å². The maximum absolute atomic E-state index is 13.2. The van der Waals surface area contributed by atoms with E-state index < -0.39 is 11.4 Å². The Morgan fingerprint density at radius 3 is 2.47 bits per heavy atom. The van der Waals surface area contributed by atoms with Gasteiger partial charge in [0.2, 0.25) is 0 Å². The molecule has 6 nitrogen and oxygen atoms in total. The molecule has 2 aromatic carbocycles. The first-order chi connectivity index (χ1) is 15.3. The first-order valence-corrected chi connectivity index (χ1v) is 11.1. The van der Waals surface area contributed by atoms with Crippen molar-refractivity contribution < 1.29 is 28.2 Å². The van der Waals surface area contributed by atoms with Crippen LogP contribution in [0.4, 0.5) is 4.39 Å². The number of piperidine rings is 1. The van der Waals surface area contributed by atoms with Crippen LogP contribution in [0.3, 0.4) is 0 Å². The molecule has 1 aliphatic rings. The second kappa shape index (κ2) is 10.7. The van der Waals surface area contributed by atoms with Crippen LogP contribution in [0.25, 0.3) is 0 Å². The van der Waals surface area contributed by atoms with Gasteiger partial charge < -0.3 is 19.2 Å². The number of esters is 1. The van der Waals surface area contributed by atoms with Crippen molar-refractivity contribution >= 4 is 34.1 Å². The van der Waals surface area contributed by atoms with E-state index in [-0.39, 0.29) is 24.8 Å². The molecule has 1 saturated heterocycles. The van der Waals surface area contributed by atoms with Gasteiger partial charge in [-0.15, -0.1) is 0 Å². The highest BCUT2D eigenvalue weighted by Crippen LogP contribution is 2.33. The molecule has 0 spiro atoms. The van der Waals surface area contributed by atoms with E-state index in [0.717, 1.165) is 16.3 Å². The summed E-state index contributed by atoms with van der Waals surface area (Å²) in [6, 6.07) is 11.4. The average Bonchev–Trinajstić information content (AvgIpc) is 2.80. The van der Waals surface area contributed by atoms with Crippen molar-refractivity contribution in [2.75, 3.05) is 26.8 Å². The third kappa shape index (κ3) is 6.16. The lowest BCUT2D eigenvalue weighted by Gasteiger charge is -2.38. The van der Waals surface area contributed by atoms with E-state index in [1.807, 2.05) is 0 Å². The van der Waals surface area contributed by atoms with Crippen LogP contribution in [0.2, 0.25) is 0 Å². The Morgan fingerprint density at radius 1 is 1.16 bits per heavy atom. The Balaban J connectivity index is 1.57. The second-order valence-corrected chi connectivity index (χ2v) is 8.87. The van der Waals surface area contributed by atoms with Crippen LogP contribution in [-0.2, 0) is 32.0 Å². The van der Waals surface area contributed by atoms with Crippen LogP contribution in [0.15, 0.2) is 46.9 Å². The fourth-order valence-electron chi connectivity index (χ4n) is 3.83. The molecular formula is C24H25BrFNO5. The first-order valence-electron chi connectivity index (χ1n) is 10.3. The lowest BCUT2D eigenvalue weighted by atomic mass is 9.75. The molecule has 0 atom stereocenters. The summed E-state index contributed by atoms with van der Waals surface area (Å²) in [6.07, 6.45) is 2.59. The average molecular weight is 506 g/mol. The number of ether oxygens (including phenoxy) is 2. The highest BCUT2D eigenvalue weighted by Gasteiger charge is 2.36. The number of benzene rings is 2. The van der Waals surface area contributed by atoms with E-state index in [9.17, 15) is 18.8 Å². The summed E-state index contributed by atoms with van der Waals surface area (Å²) in [4.78, 5) is 37.9. The van der Waals surface area contributed by atoms with Gasteiger partial charge >= 0.3 is 5.97 Å². The molecule has 0 unspecified atom stereocenters. The van der Waals surface area contributed by atoms with Gasteiger partial charge in [-0.1, -0.05) is 28.1 Å². The van der Waals surface area contributed by atoms with Crippen LogP contribution in [0, 0.1) is 11.2 Å². The molecule has 2 aromatic rings. The second-order valence-electron chi connectivity index (χ2n) is 7.96. The maximum Gasteiger partial charge on any atom is 0.310 e. The van der Waals surface area contributed by atoms with Gasteiger partial charge in [-0.25, -0.2) is 4.39 Å². The smallest absolute Gasteiger partial charge is 0.310 e. The van der Waals surface area contributed by atoms with Crippen molar-refractivity contribution in [3.05, 3.63) is 63.9 Å². The van der Waals surface area contributed by atoms with Gasteiger partial charge in [0.15, 0.2) is 6.61 Å². The van der Waals surface area contributed by atoms with E-state index in [0.29, 0.717) is 43.7 Å². The van der Waals surface area contributed by atoms with Gasteiger partial charge in [-0.3, -0.25) is 9.59 Å². The van der Waals surface area contributed by atoms with E-state index in [4.69, 9.17) is 9.47 Å². The maximum atomic E-state index is 13.2. The van der Waals surface area contributed by atoms with Crippen LogP contribution >= 0.6 is 15.9 Å². The van der Waals surface area contributed by atoms with Gasteiger partial charge in [0, 0.05) is 28.5 Å². The Hall–Kier alpha value is -2.74. The zero-order chi connectivity index (χ0) is 23.1. The van der Waals surface area contributed by atoms with Crippen molar-refractivity contribution in [2.24, 2.45) is 5.41 Å². The molecule has 0 aromatic heterocycles. The van der Waals surface area contributed by atoms with Crippen molar-refractivity contribution in [1.82, 2.24) is 4.90 Å². The summed E-state index contributed by atoms with van der Waals surface area (Å²) >= 11 is 3.37. The van der Waals surface area contributed by atoms with E-state index in [1.165, 1.54) is 19.2 Å². The van der Waals surface area contributed by atoms with Crippen molar-refractivity contribution in [1.29, 1.82) is 0 Å². The zero-order valence-corrected chi connectivity index (χ0v) is 19.4. The Morgan fingerprint density at radius 2 is 1.84 bits per heavy atom. The highest BCUT2D eigenvalue weighted by molar-refractivity contribution is 9.10. The molecule has 32 heavy (non-hydrogen) atoms. The summed E-state index contributed by atoms with van der Waals surface area (Å²) in [5, 5.41) is 0.